The molecule has 4 aliphatic rings. The number of nitrogens with zero attached hydrogens (tertiary/aromatic N) is 1. The smallest absolute Gasteiger partial charge is 0.296 e. The molecule has 0 aromatic heterocycles. The van der Waals surface area contributed by atoms with Crippen LogP contribution in [0.15, 0.2) is 0 Å². The molecule has 0 amide bonds. The van der Waals surface area contributed by atoms with E-state index in [-0.39, 0.29) is 0 Å². The standard InChI is InChI=1S/C25H44BNO/c1-20-23-18-21(25(23,2)3)19-24(20)26-16-13-15-22(28-26)14-11-9-7-5-4-6-8-10-12-17-27/h20-24H,4-16,18-19H2,1-3H3/t20-,21+,22-,23-,24-/m1/s1. The van der Waals surface area contributed by atoms with E-state index >= 15 is 0 Å². The van der Waals surface area contributed by atoms with E-state index < -0.39 is 0 Å². The van der Waals surface area contributed by atoms with Crippen molar-refractivity contribution >= 4 is 6.92 Å². The van der Waals surface area contributed by atoms with Gasteiger partial charge in [0.1, 0.15) is 0 Å². The van der Waals surface area contributed by atoms with Crippen LogP contribution in [0.2, 0.25) is 12.1 Å². The van der Waals surface area contributed by atoms with Gasteiger partial charge in [0, 0.05) is 12.5 Å². The molecule has 28 heavy (non-hydrogen) atoms. The molecule has 0 spiro atoms. The van der Waals surface area contributed by atoms with Gasteiger partial charge in [0.25, 0.3) is 6.92 Å². The molecule has 2 nitrogen and oxygen atoms in total. The first-order chi connectivity index (χ1) is 13.5. The first-order valence-electron chi connectivity index (χ1n) is 12.6. The molecule has 3 aliphatic carbocycles. The molecule has 1 heterocycles. The van der Waals surface area contributed by atoms with E-state index in [1.807, 2.05) is 0 Å². The van der Waals surface area contributed by atoms with E-state index in [1.54, 1.807) is 0 Å². The third-order valence-corrected chi connectivity index (χ3v) is 8.84. The Morgan fingerprint density at radius 2 is 1.68 bits per heavy atom. The van der Waals surface area contributed by atoms with Crippen LogP contribution in [-0.2, 0) is 4.65 Å². The molecule has 0 N–H and O–H groups in total. The number of hydrogen-bond donors (Lipinski definition) is 0. The molecule has 4 rings (SSSR count). The molecule has 1 saturated heterocycles. The van der Waals surface area contributed by atoms with Crippen LogP contribution in [0, 0.1) is 34.5 Å². The zero-order chi connectivity index (χ0) is 20.0. The Morgan fingerprint density at radius 1 is 1.00 bits per heavy atom. The van der Waals surface area contributed by atoms with Gasteiger partial charge in [0.15, 0.2) is 0 Å². The first-order valence-corrected chi connectivity index (χ1v) is 12.6. The zero-order valence-electron chi connectivity index (χ0n) is 18.9. The molecule has 4 fully saturated rings. The molecule has 0 aromatic rings. The lowest BCUT2D eigenvalue weighted by atomic mass is 9.34. The van der Waals surface area contributed by atoms with Crippen molar-refractivity contribution in [2.45, 2.75) is 129 Å². The highest BCUT2D eigenvalue weighted by Crippen LogP contribution is 2.65. The van der Waals surface area contributed by atoms with Gasteiger partial charge in [-0.25, -0.2) is 0 Å². The van der Waals surface area contributed by atoms with Crippen LogP contribution in [0.1, 0.15) is 111 Å². The Labute approximate surface area is 175 Å². The predicted molar refractivity (Wildman–Crippen MR) is 119 cm³/mol. The van der Waals surface area contributed by atoms with Crippen LogP contribution in [0.5, 0.6) is 0 Å². The van der Waals surface area contributed by atoms with Crippen molar-refractivity contribution in [1.29, 1.82) is 5.26 Å². The van der Waals surface area contributed by atoms with Crippen molar-refractivity contribution in [1.82, 2.24) is 0 Å². The van der Waals surface area contributed by atoms with Gasteiger partial charge in [-0.05, 0) is 61.0 Å². The first kappa shape index (κ1) is 22.2. The molecular formula is C25H44BNO. The molecule has 0 unspecified atom stereocenters. The van der Waals surface area contributed by atoms with Crippen LogP contribution in [-0.4, -0.2) is 13.0 Å². The second-order valence-electron chi connectivity index (χ2n) is 10.9. The average molecular weight is 385 g/mol. The fourth-order valence-electron chi connectivity index (χ4n) is 6.77. The van der Waals surface area contributed by atoms with Crippen LogP contribution in [0.25, 0.3) is 0 Å². The number of nitriles is 1. The maximum absolute atomic E-state index is 8.55. The lowest BCUT2D eigenvalue weighted by Gasteiger charge is -2.63. The Hall–Kier alpha value is -0.485. The van der Waals surface area contributed by atoms with Crippen molar-refractivity contribution in [2.75, 3.05) is 0 Å². The number of hydrogen-bond acceptors (Lipinski definition) is 2. The SMILES string of the molecule is C[C@@H]1[C@H]2C[C@@H](C[C@H]1B1CCC[C@@H](CCCCCCCCCCC#N)O1)C2(C)C. The van der Waals surface area contributed by atoms with Gasteiger partial charge in [0.05, 0.1) is 6.07 Å². The Morgan fingerprint density at radius 3 is 2.32 bits per heavy atom. The summed E-state index contributed by atoms with van der Waals surface area (Å²) in [6.45, 7) is 8.11. The summed E-state index contributed by atoms with van der Waals surface area (Å²) in [6.07, 6.45) is 20.0. The fourth-order valence-corrected chi connectivity index (χ4v) is 6.77. The van der Waals surface area contributed by atoms with Gasteiger partial charge < -0.3 is 4.65 Å². The third kappa shape index (κ3) is 5.35. The van der Waals surface area contributed by atoms with Crippen LogP contribution < -0.4 is 0 Å². The van der Waals surface area contributed by atoms with Crippen LogP contribution in [0.4, 0.5) is 0 Å². The molecule has 3 saturated carbocycles. The second-order valence-corrected chi connectivity index (χ2v) is 10.9. The summed E-state index contributed by atoms with van der Waals surface area (Å²) >= 11 is 0. The van der Waals surface area contributed by atoms with E-state index in [1.165, 1.54) is 83.4 Å². The summed E-state index contributed by atoms with van der Waals surface area (Å²) in [6, 6.07) is 2.24. The largest absolute Gasteiger partial charge is 0.433 e. The second kappa shape index (κ2) is 10.5. The van der Waals surface area contributed by atoms with Gasteiger partial charge in [-0.1, -0.05) is 78.6 Å². The highest BCUT2D eigenvalue weighted by Gasteiger charge is 2.58. The molecular weight excluding hydrogens is 341 g/mol. The average Bonchev–Trinajstić information content (AvgIpc) is 2.69. The fraction of sp³-hybridized carbons (Fsp3) is 0.960. The van der Waals surface area contributed by atoms with Crippen molar-refractivity contribution in [2.24, 2.45) is 23.2 Å². The molecule has 3 heteroatoms. The Balaban J connectivity index is 1.27. The quantitative estimate of drug-likeness (QED) is 0.270. The van der Waals surface area contributed by atoms with Gasteiger partial charge in [-0.15, -0.1) is 0 Å². The third-order valence-electron chi connectivity index (χ3n) is 8.84. The minimum atomic E-state index is 0.545. The van der Waals surface area contributed by atoms with E-state index in [2.05, 4.69) is 26.8 Å². The summed E-state index contributed by atoms with van der Waals surface area (Å²) in [5.74, 6) is 3.60. The van der Waals surface area contributed by atoms with Gasteiger partial charge >= 0.3 is 0 Å². The highest BCUT2D eigenvalue weighted by molar-refractivity contribution is 6.54. The summed E-state index contributed by atoms with van der Waals surface area (Å²) in [7, 11) is 0. The summed E-state index contributed by atoms with van der Waals surface area (Å²) in [4.78, 5) is 0. The van der Waals surface area contributed by atoms with E-state index in [0.29, 0.717) is 18.4 Å². The van der Waals surface area contributed by atoms with Crippen molar-refractivity contribution in [3.8, 4) is 6.07 Å². The van der Waals surface area contributed by atoms with Gasteiger partial charge in [-0.3, -0.25) is 0 Å². The van der Waals surface area contributed by atoms with Gasteiger partial charge in [0.2, 0.25) is 0 Å². The normalized spacial score (nSPS) is 33.9. The van der Waals surface area contributed by atoms with Crippen molar-refractivity contribution in [3.63, 3.8) is 0 Å². The lowest BCUT2D eigenvalue weighted by molar-refractivity contribution is -0.102. The Bertz CT molecular complexity index is 513. The van der Waals surface area contributed by atoms with E-state index in [4.69, 9.17) is 9.92 Å². The monoisotopic (exact) mass is 385 g/mol. The molecule has 1 aliphatic heterocycles. The molecule has 158 valence electrons. The number of fused-ring (bicyclic) bond motifs is 2. The molecule has 2 bridgehead atoms. The maximum atomic E-state index is 8.55. The molecule has 0 radical (unpaired) electrons. The van der Waals surface area contributed by atoms with Crippen molar-refractivity contribution in [3.05, 3.63) is 0 Å². The van der Waals surface area contributed by atoms with E-state index in [0.717, 1.165) is 36.4 Å². The molecule has 0 aromatic carbocycles. The summed E-state index contributed by atoms with van der Waals surface area (Å²) in [5, 5.41) is 8.55. The molecule has 5 atom stereocenters. The van der Waals surface area contributed by atoms with Crippen LogP contribution in [0.3, 0.4) is 0 Å². The minimum Gasteiger partial charge on any atom is -0.433 e. The van der Waals surface area contributed by atoms with E-state index in [9.17, 15) is 0 Å². The van der Waals surface area contributed by atoms with Gasteiger partial charge in [-0.2, -0.15) is 5.26 Å². The topological polar surface area (TPSA) is 33.0 Å². The Kier molecular flexibility index (Phi) is 8.34. The minimum absolute atomic E-state index is 0.545. The summed E-state index contributed by atoms with van der Waals surface area (Å²) in [5.41, 5.74) is 0.597. The highest BCUT2D eigenvalue weighted by atomic mass is 16.4. The lowest BCUT2D eigenvalue weighted by Crippen LogP contribution is -2.56. The predicted octanol–water partition coefficient (Wildman–Crippen LogP) is 7.65. The maximum Gasteiger partial charge on any atom is 0.296 e. The summed E-state index contributed by atoms with van der Waals surface area (Å²) < 4.78 is 6.69. The number of rotatable bonds is 11. The van der Waals surface area contributed by atoms with Crippen LogP contribution >= 0.6 is 0 Å². The number of unbranched alkanes of at least 4 members (excludes halogenated alkanes) is 8. The zero-order valence-corrected chi connectivity index (χ0v) is 18.9. The van der Waals surface area contributed by atoms with Crippen molar-refractivity contribution < 1.29 is 4.65 Å².